The van der Waals surface area contributed by atoms with Gasteiger partial charge in [0.1, 0.15) is 6.61 Å². The van der Waals surface area contributed by atoms with Crippen LogP contribution in [0.25, 0.3) is 0 Å². The minimum Gasteiger partial charge on any atom is -0.447 e. The van der Waals surface area contributed by atoms with Crippen molar-refractivity contribution >= 4 is 12.0 Å². The molecule has 2 amide bonds. The standard InChI is InChI=1S/C11H19NO3/c1-4-8(2)9(3)7-10(13)12-5-6-15-11(12)14/h8-9H,4-7H2,1-3H3/t8-,9+/m0/s1. The fraction of sp³-hybridized carbons (Fsp3) is 0.818. The summed E-state index contributed by atoms with van der Waals surface area (Å²) in [4.78, 5) is 24.0. The molecule has 1 saturated heterocycles. The average molecular weight is 213 g/mol. The average Bonchev–Trinajstić information content (AvgIpc) is 2.63. The maximum absolute atomic E-state index is 11.7. The van der Waals surface area contributed by atoms with Crippen LogP contribution in [0.4, 0.5) is 4.79 Å². The van der Waals surface area contributed by atoms with Crippen LogP contribution in [-0.2, 0) is 9.53 Å². The van der Waals surface area contributed by atoms with E-state index in [1.807, 2.05) is 6.92 Å². The predicted molar refractivity (Wildman–Crippen MR) is 56.3 cm³/mol. The Morgan fingerprint density at radius 2 is 2.13 bits per heavy atom. The van der Waals surface area contributed by atoms with E-state index in [0.29, 0.717) is 31.4 Å². The van der Waals surface area contributed by atoms with Crippen molar-refractivity contribution in [2.45, 2.75) is 33.6 Å². The summed E-state index contributed by atoms with van der Waals surface area (Å²) in [7, 11) is 0. The highest BCUT2D eigenvalue weighted by Crippen LogP contribution is 2.20. The fourth-order valence-electron chi connectivity index (χ4n) is 1.61. The van der Waals surface area contributed by atoms with Gasteiger partial charge < -0.3 is 4.74 Å². The van der Waals surface area contributed by atoms with E-state index in [2.05, 4.69) is 13.8 Å². The fourth-order valence-corrected chi connectivity index (χ4v) is 1.61. The molecule has 4 heteroatoms. The van der Waals surface area contributed by atoms with E-state index in [4.69, 9.17) is 4.74 Å². The molecule has 1 aliphatic rings. The molecule has 0 aromatic carbocycles. The first kappa shape index (κ1) is 12.0. The van der Waals surface area contributed by atoms with Gasteiger partial charge >= 0.3 is 6.09 Å². The van der Waals surface area contributed by atoms with Crippen LogP contribution in [0.2, 0.25) is 0 Å². The third-order valence-corrected chi connectivity index (χ3v) is 3.17. The van der Waals surface area contributed by atoms with E-state index in [1.165, 1.54) is 4.90 Å². The molecule has 0 radical (unpaired) electrons. The molecule has 0 saturated carbocycles. The van der Waals surface area contributed by atoms with Crippen molar-refractivity contribution in [3.05, 3.63) is 0 Å². The molecule has 1 heterocycles. The van der Waals surface area contributed by atoms with Gasteiger partial charge in [-0.1, -0.05) is 27.2 Å². The molecule has 1 fully saturated rings. The smallest absolute Gasteiger partial charge is 0.416 e. The summed E-state index contributed by atoms with van der Waals surface area (Å²) in [5.41, 5.74) is 0. The highest BCUT2D eigenvalue weighted by Gasteiger charge is 2.29. The monoisotopic (exact) mass is 213 g/mol. The Morgan fingerprint density at radius 1 is 1.47 bits per heavy atom. The minimum atomic E-state index is -0.489. The number of amides is 2. The van der Waals surface area contributed by atoms with Gasteiger partial charge in [0.2, 0.25) is 5.91 Å². The SMILES string of the molecule is CC[C@H](C)[C@H](C)CC(=O)N1CCOC1=O. The molecule has 0 aromatic heterocycles. The summed E-state index contributed by atoms with van der Waals surface area (Å²) in [6, 6.07) is 0. The molecule has 86 valence electrons. The maximum atomic E-state index is 11.7. The molecular weight excluding hydrogens is 194 g/mol. The second-order valence-electron chi connectivity index (χ2n) is 4.23. The van der Waals surface area contributed by atoms with E-state index < -0.39 is 6.09 Å². The van der Waals surface area contributed by atoms with Crippen LogP contribution in [0.15, 0.2) is 0 Å². The zero-order valence-corrected chi connectivity index (χ0v) is 9.66. The first-order valence-electron chi connectivity index (χ1n) is 5.53. The molecule has 1 rings (SSSR count). The summed E-state index contributed by atoms with van der Waals surface area (Å²) >= 11 is 0. The highest BCUT2D eigenvalue weighted by atomic mass is 16.6. The quantitative estimate of drug-likeness (QED) is 0.718. The highest BCUT2D eigenvalue weighted by molar-refractivity contribution is 5.92. The van der Waals surface area contributed by atoms with Crippen molar-refractivity contribution in [2.24, 2.45) is 11.8 Å². The van der Waals surface area contributed by atoms with Gasteiger partial charge in [-0.15, -0.1) is 0 Å². The van der Waals surface area contributed by atoms with Gasteiger partial charge in [-0.2, -0.15) is 0 Å². The van der Waals surface area contributed by atoms with Crippen LogP contribution in [0, 0.1) is 11.8 Å². The topological polar surface area (TPSA) is 46.6 Å². The van der Waals surface area contributed by atoms with Gasteiger partial charge in [0, 0.05) is 6.42 Å². The maximum Gasteiger partial charge on any atom is 0.416 e. The van der Waals surface area contributed by atoms with Crippen molar-refractivity contribution < 1.29 is 14.3 Å². The first-order chi connectivity index (χ1) is 7.06. The molecule has 1 aliphatic heterocycles. The molecule has 4 nitrogen and oxygen atoms in total. The number of hydrogen-bond donors (Lipinski definition) is 0. The summed E-state index contributed by atoms with van der Waals surface area (Å²) in [5, 5.41) is 0. The van der Waals surface area contributed by atoms with Crippen molar-refractivity contribution in [1.29, 1.82) is 0 Å². The van der Waals surface area contributed by atoms with Crippen molar-refractivity contribution in [3.63, 3.8) is 0 Å². The normalized spacial score (nSPS) is 19.9. The second-order valence-corrected chi connectivity index (χ2v) is 4.23. The van der Waals surface area contributed by atoms with E-state index in [-0.39, 0.29) is 5.91 Å². The number of hydrogen-bond acceptors (Lipinski definition) is 3. The number of nitrogens with zero attached hydrogens (tertiary/aromatic N) is 1. The van der Waals surface area contributed by atoms with Gasteiger partial charge in [-0.25, -0.2) is 9.69 Å². The zero-order valence-electron chi connectivity index (χ0n) is 9.66. The summed E-state index contributed by atoms with van der Waals surface area (Å²) in [6.45, 7) is 7.02. The number of imide groups is 1. The van der Waals surface area contributed by atoms with Crippen LogP contribution in [0.1, 0.15) is 33.6 Å². The van der Waals surface area contributed by atoms with Gasteiger partial charge in [-0.05, 0) is 11.8 Å². The Balaban J connectivity index is 2.44. The minimum absolute atomic E-state index is 0.106. The summed E-state index contributed by atoms with van der Waals surface area (Å²) in [5.74, 6) is 0.716. The van der Waals surface area contributed by atoms with Gasteiger partial charge in [-0.3, -0.25) is 4.79 Å². The Kier molecular flexibility index (Phi) is 4.12. The first-order valence-corrected chi connectivity index (χ1v) is 5.53. The number of carbonyl (C=O) groups is 2. The predicted octanol–water partition coefficient (Wildman–Crippen LogP) is 2.04. The molecular formula is C11H19NO3. The zero-order chi connectivity index (χ0) is 11.4. The Hall–Kier alpha value is -1.06. The van der Waals surface area contributed by atoms with E-state index in [0.717, 1.165) is 6.42 Å². The van der Waals surface area contributed by atoms with Crippen molar-refractivity contribution in [3.8, 4) is 0 Å². The Morgan fingerprint density at radius 3 is 2.60 bits per heavy atom. The Labute approximate surface area is 90.6 Å². The van der Waals surface area contributed by atoms with Gasteiger partial charge in [0.05, 0.1) is 6.54 Å². The van der Waals surface area contributed by atoms with Crippen LogP contribution in [0.5, 0.6) is 0 Å². The lowest BCUT2D eigenvalue weighted by atomic mass is 9.90. The lowest BCUT2D eigenvalue weighted by molar-refractivity contribution is -0.129. The number of rotatable bonds is 4. The number of carbonyl (C=O) groups excluding carboxylic acids is 2. The molecule has 0 spiro atoms. The molecule has 0 aromatic rings. The third-order valence-electron chi connectivity index (χ3n) is 3.17. The van der Waals surface area contributed by atoms with E-state index >= 15 is 0 Å². The van der Waals surface area contributed by atoms with Gasteiger partial charge in [0.25, 0.3) is 0 Å². The number of ether oxygens (including phenoxy) is 1. The molecule has 2 atom stereocenters. The van der Waals surface area contributed by atoms with Crippen LogP contribution < -0.4 is 0 Å². The van der Waals surface area contributed by atoms with Crippen molar-refractivity contribution in [2.75, 3.05) is 13.2 Å². The van der Waals surface area contributed by atoms with E-state index in [1.54, 1.807) is 0 Å². The number of cyclic esters (lactones) is 1. The van der Waals surface area contributed by atoms with Crippen LogP contribution in [-0.4, -0.2) is 30.1 Å². The molecule has 0 bridgehead atoms. The van der Waals surface area contributed by atoms with Gasteiger partial charge in [0.15, 0.2) is 0 Å². The second kappa shape index (κ2) is 5.14. The molecule has 0 aliphatic carbocycles. The largest absolute Gasteiger partial charge is 0.447 e. The lowest BCUT2D eigenvalue weighted by Gasteiger charge is -2.19. The van der Waals surface area contributed by atoms with Crippen molar-refractivity contribution in [1.82, 2.24) is 4.90 Å². The molecule has 15 heavy (non-hydrogen) atoms. The van der Waals surface area contributed by atoms with E-state index in [9.17, 15) is 9.59 Å². The van der Waals surface area contributed by atoms with Crippen LogP contribution >= 0.6 is 0 Å². The summed E-state index contributed by atoms with van der Waals surface area (Å²) in [6.07, 6.45) is 1.000. The third kappa shape index (κ3) is 2.94. The Bertz CT molecular complexity index is 252. The molecule has 0 unspecified atom stereocenters. The summed E-state index contributed by atoms with van der Waals surface area (Å²) < 4.78 is 4.72. The molecule has 0 N–H and O–H groups in total. The lowest BCUT2D eigenvalue weighted by Crippen LogP contribution is -2.33. The van der Waals surface area contributed by atoms with Crippen LogP contribution in [0.3, 0.4) is 0 Å².